The van der Waals surface area contributed by atoms with Gasteiger partial charge in [-0.3, -0.25) is 9.59 Å². The van der Waals surface area contributed by atoms with Gasteiger partial charge in [-0.05, 0) is 53.8 Å². The van der Waals surface area contributed by atoms with Crippen LogP contribution in [0.5, 0.6) is 5.75 Å². The third-order valence-electron chi connectivity index (χ3n) is 4.16. The highest BCUT2D eigenvalue weighted by Gasteiger charge is 2.08. The number of carbonyl (C=O) groups excluding carboxylic acids is 2. The van der Waals surface area contributed by atoms with Crippen molar-refractivity contribution in [3.63, 3.8) is 0 Å². The number of hydrogen-bond acceptors (Lipinski definition) is 5. The summed E-state index contributed by atoms with van der Waals surface area (Å²) < 4.78 is 5.11. The Bertz CT molecular complexity index is 1010. The topological polar surface area (TPSA) is 79.8 Å². The third-order valence-corrected chi connectivity index (χ3v) is 5.02. The number of methoxy groups -OCH3 is 1. The van der Waals surface area contributed by atoms with E-state index in [1.807, 2.05) is 60.0 Å². The van der Waals surface area contributed by atoms with Crippen LogP contribution >= 0.6 is 11.3 Å². The molecule has 0 saturated carbocycles. The lowest BCUT2D eigenvalue weighted by Gasteiger charge is -2.07. The molecule has 0 saturated heterocycles. The summed E-state index contributed by atoms with van der Waals surface area (Å²) in [7, 11) is 1.60. The number of hydrogen-bond donors (Lipinski definition) is 2. The van der Waals surface area contributed by atoms with E-state index in [4.69, 9.17) is 4.74 Å². The van der Waals surface area contributed by atoms with Gasteiger partial charge in [-0.25, -0.2) is 5.43 Å². The van der Waals surface area contributed by atoms with E-state index < -0.39 is 0 Å². The summed E-state index contributed by atoms with van der Waals surface area (Å²) >= 11 is 1.38. The van der Waals surface area contributed by atoms with Crippen LogP contribution in [-0.4, -0.2) is 24.6 Å². The van der Waals surface area contributed by atoms with E-state index in [1.165, 1.54) is 11.3 Å². The SMILES string of the molecule is COc1ccc(CC(=O)NN=C(C)c2cccc(NC(=O)c3cccs3)c2)cc1. The molecule has 6 nitrogen and oxygen atoms in total. The van der Waals surface area contributed by atoms with Gasteiger partial charge < -0.3 is 10.1 Å². The molecule has 2 N–H and O–H groups in total. The Kier molecular flexibility index (Phi) is 6.76. The van der Waals surface area contributed by atoms with Crippen LogP contribution in [0.3, 0.4) is 0 Å². The zero-order valence-corrected chi connectivity index (χ0v) is 17.0. The molecule has 29 heavy (non-hydrogen) atoms. The average molecular weight is 407 g/mol. The maximum atomic E-state index is 12.2. The minimum Gasteiger partial charge on any atom is -0.497 e. The molecule has 0 aliphatic rings. The Morgan fingerprint density at radius 3 is 2.55 bits per heavy atom. The first-order valence-corrected chi connectivity index (χ1v) is 9.84. The summed E-state index contributed by atoms with van der Waals surface area (Å²) in [6.45, 7) is 1.80. The Balaban J connectivity index is 1.60. The molecule has 0 spiro atoms. The van der Waals surface area contributed by atoms with Gasteiger partial charge in [-0.1, -0.05) is 30.3 Å². The molecule has 2 aromatic carbocycles. The van der Waals surface area contributed by atoms with E-state index in [0.717, 1.165) is 16.9 Å². The zero-order chi connectivity index (χ0) is 20.6. The molecule has 0 aliphatic heterocycles. The maximum absolute atomic E-state index is 12.2. The first kappa shape index (κ1) is 20.3. The minimum atomic E-state index is -0.211. The van der Waals surface area contributed by atoms with Crippen molar-refractivity contribution < 1.29 is 14.3 Å². The van der Waals surface area contributed by atoms with E-state index in [-0.39, 0.29) is 18.2 Å². The molecule has 2 amide bonds. The summed E-state index contributed by atoms with van der Waals surface area (Å²) in [6.07, 6.45) is 0.220. The van der Waals surface area contributed by atoms with Gasteiger partial charge in [0, 0.05) is 5.69 Å². The smallest absolute Gasteiger partial charge is 0.265 e. The number of nitrogens with one attached hydrogen (secondary N) is 2. The van der Waals surface area contributed by atoms with E-state index >= 15 is 0 Å². The second-order valence-electron chi connectivity index (χ2n) is 6.27. The number of rotatable bonds is 7. The normalized spacial score (nSPS) is 11.0. The fourth-order valence-corrected chi connectivity index (χ4v) is 3.22. The molecule has 1 heterocycles. The number of hydrazone groups is 1. The number of benzene rings is 2. The predicted octanol–water partition coefficient (Wildman–Crippen LogP) is 4.09. The van der Waals surface area contributed by atoms with Crippen molar-refractivity contribution in [3.8, 4) is 5.75 Å². The Morgan fingerprint density at radius 2 is 1.86 bits per heavy atom. The molecule has 0 radical (unpaired) electrons. The maximum Gasteiger partial charge on any atom is 0.265 e. The van der Waals surface area contributed by atoms with Crippen LogP contribution in [0.1, 0.15) is 27.7 Å². The van der Waals surface area contributed by atoms with E-state index in [0.29, 0.717) is 16.3 Å². The largest absolute Gasteiger partial charge is 0.497 e. The molecule has 0 bridgehead atoms. The van der Waals surface area contributed by atoms with Crippen LogP contribution < -0.4 is 15.5 Å². The molecule has 1 aromatic heterocycles. The van der Waals surface area contributed by atoms with Gasteiger partial charge in [-0.15, -0.1) is 11.3 Å². The molecular formula is C22H21N3O3S. The van der Waals surface area contributed by atoms with Crippen LogP contribution in [-0.2, 0) is 11.2 Å². The minimum absolute atomic E-state index is 0.153. The van der Waals surface area contributed by atoms with Crippen molar-refractivity contribution >= 4 is 34.6 Å². The lowest BCUT2D eigenvalue weighted by molar-refractivity contribution is -0.120. The lowest BCUT2D eigenvalue weighted by atomic mass is 10.1. The van der Waals surface area contributed by atoms with Crippen LogP contribution in [0.4, 0.5) is 5.69 Å². The second kappa shape index (κ2) is 9.66. The zero-order valence-electron chi connectivity index (χ0n) is 16.1. The highest BCUT2D eigenvalue weighted by molar-refractivity contribution is 7.12. The first-order valence-electron chi connectivity index (χ1n) is 8.96. The highest BCUT2D eigenvalue weighted by Crippen LogP contribution is 2.15. The van der Waals surface area contributed by atoms with E-state index in [2.05, 4.69) is 15.8 Å². The van der Waals surface area contributed by atoms with Gasteiger partial charge in [0.05, 0.1) is 24.1 Å². The van der Waals surface area contributed by atoms with Crippen LogP contribution in [0.15, 0.2) is 71.1 Å². The van der Waals surface area contributed by atoms with E-state index in [1.54, 1.807) is 20.1 Å². The number of carbonyl (C=O) groups is 2. The quantitative estimate of drug-likeness (QED) is 0.457. The van der Waals surface area contributed by atoms with E-state index in [9.17, 15) is 9.59 Å². The van der Waals surface area contributed by atoms with Gasteiger partial charge in [0.25, 0.3) is 5.91 Å². The molecule has 0 aliphatic carbocycles. The van der Waals surface area contributed by atoms with Crippen LogP contribution in [0.25, 0.3) is 0 Å². The van der Waals surface area contributed by atoms with Gasteiger partial charge >= 0.3 is 0 Å². The molecule has 0 atom stereocenters. The number of ether oxygens (including phenoxy) is 1. The summed E-state index contributed by atoms with van der Waals surface area (Å²) in [5.41, 5.74) is 5.55. The van der Waals surface area contributed by atoms with Gasteiger partial charge in [-0.2, -0.15) is 5.10 Å². The fourth-order valence-electron chi connectivity index (χ4n) is 2.60. The van der Waals surface area contributed by atoms with Crippen molar-refractivity contribution in [2.45, 2.75) is 13.3 Å². The summed E-state index contributed by atoms with van der Waals surface area (Å²) in [5, 5.41) is 8.90. The Labute approximate surface area is 173 Å². The fraction of sp³-hybridized carbons (Fsp3) is 0.136. The third kappa shape index (κ3) is 5.76. The monoisotopic (exact) mass is 407 g/mol. The van der Waals surface area contributed by atoms with Crippen molar-refractivity contribution in [1.82, 2.24) is 5.43 Å². The molecule has 148 valence electrons. The first-order chi connectivity index (χ1) is 14.0. The average Bonchev–Trinajstić information content (AvgIpc) is 3.28. The summed E-state index contributed by atoms with van der Waals surface area (Å²) in [6, 6.07) is 18.2. The predicted molar refractivity (Wildman–Crippen MR) is 116 cm³/mol. The molecule has 0 unspecified atom stereocenters. The van der Waals surface area contributed by atoms with Crippen molar-refractivity contribution in [3.05, 3.63) is 82.0 Å². The van der Waals surface area contributed by atoms with Crippen molar-refractivity contribution in [2.24, 2.45) is 5.10 Å². The summed E-state index contributed by atoms with van der Waals surface area (Å²) in [5.74, 6) is 0.380. The summed E-state index contributed by atoms with van der Waals surface area (Å²) in [4.78, 5) is 25.0. The molecule has 0 fully saturated rings. The van der Waals surface area contributed by atoms with Crippen molar-refractivity contribution in [2.75, 3.05) is 12.4 Å². The van der Waals surface area contributed by atoms with Crippen molar-refractivity contribution in [1.29, 1.82) is 0 Å². The number of amides is 2. The molecule has 3 aromatic rings. The highest BCUT2D eigenvalue weighted by atomic mass is 32.1. The van der Waals surface area contributed by atoms with Gasteiger partial charge in [0.2, 0.25) is 5.91 Å². The second-order valence-corrected chi connectivity index (χ2v) is 7.22. The van der Waals surface area contributed by atoms with Crippen LogP contribution in [0.2, 0.25) is 0 Å². The Morgan fingerprint density at radius 1 is 1.07 bits per heavy atom. The lowest BCUT2D eigenvalue weighted by Crippen LogP contribution is -2.21. The standard InChI is InChI=1S/C22H21N3O3S/c1-15(24-25-21(26)13-16-8-10-19(28-2)11-9-16)17-5-3-6-18(14-17)23-22(27)20-7-4-12-29-20/h3-12,14H,13H2,1-2H3,(H,23,27)(H,25,26). The van der Waals surface area contributed by atoms with Gasteiger partial charge in [0.1, 0.15) is 5.75 Å². The number of thiophene rings is 1. The number of anilines is 1. The Hall–Kier alpha value is -3.45. The molecular weight excluding hydrogens is 386 g/mol. The molecule has 7 heteroatoms. The molecule has 3 rings (SSSR count). The number of nitrogens with zero attached hydrogens (tertiary/aromatic N) is 1. The van der Waals surface area contributed by atoms with Gasteiger partial charge in [0.15, 0.2) is 0 Å². The van der Waals surface area contributed by atoms with Crippen LogP contribution in [0, 0.1) is 0 Å².